The lowest BCUT2D eigenvalue weighted by Crippen LogP contribution is -2.46. The zero-order valence-electron chi connectivity index (χ0n) is 14.7. The number of hydrogen-bond donors (Lipinski definition) is 0. The van der Waals surface area contributed by atoms with Crippen molar-refractivity contribution in [1.82, 2.24) is 0 Å². The molecular weight excluding hydrogens is 308 g/mol. The quantitative estimate of drug-likeness (QED) is 0.570. The summed E-state index contributed by atoms with van der Waals surface area (Å²) in [6.07, 6.45) is 4.67. The van der Waals surface area contributed by atoms with Crippen LogP contribution in [0.5, 0.6) is 0 Å². The molecule has 0 aromatic rings. The average Bonchev–Trinajstić information content (AvgIpc) is 2.54. The van der Waals surface area contributed by atoms with Gasteiger partial charge in [-0.05, 0) is 46.1 Å². The summed E-state index contributed by atoms with van der Waals surface area (Å²) in [5, 5.41) is 0. The molecule has 2 aliphatic heterocycles. The summed E-state index contributed by atoms with van der Waals surface area (Å²) in [5.41, 5.74) is 2.02. The van der Waals surface area contributed by atoms with Gasteiger partial charge in [0.15, 0.2) is 0 Å². The molecule has 0 aromatic carbocycles. The Labute approximate surface area is 142 Å². The molecule has 0 saturated heterocycles. The lowest BCUT2D eigenvalue weighted by Gasteiger charge is -2.42. The van der Waals surface area contributed by atoms with Gasteiger partial charge in [-0.2, -0.15) is 0 Å². The van der Waals surface area contributed by atoms with E-state index in [9.17, 15) is 9.59 Å². The van der Waals surface area contributed by atoms with Gasteiger partial charge in [0.1, 0.15) is 23.2 Å². The standard InChI is InChI=1S/C19H24O5/c1-5-11(2)18(21)22-15-10-13-14(24-19(15,3)4)8-6-12-7-9-16(20)23-17(12)13/h5,15H,6-10H2,1-4H3/b11-5-/t15-/m1/s1. The van der Waals surface area contributed by atoms with Crippen LogP contribution in [0.25, 0.3) is 0 Å². The van der Waals surface area contributed by atoms with Crippen molar-refractivity contribution in [3.63, 3.8) is 0 Å². The van der Waals surface area contributed by atoms with Gasteiger partial charge in [0.05, 0.1) is 0 Å². The molecular formula is C19H24O5. The van der Waals surface area contributed by atoms with Crippen LogP contribution in [0.15, 0.2) is 34.3 Å². The van der Waals surface area contributed by atoms with E-state index in [1.165, 1.54) is 5.57 Å². The number of esters is 2. The maximum atomic E-state index is 12.2. The van der Waals surface area contributed by atoms with Crippen LogP contribution >= 0.6 is 0 Å². The zero-order chi connectivity index (χ0) is 17.5. The number of fused-ring (bicyclic) bond motifs is 1. The molecule has 3 aliphatic rings. The summed E-state index contributed by atoms with van der Waals surface area (Å²) in [5.74, 6) is 0.981. The molecule has 0 unspecified atom stereocenters. The van der Waals surface area contributed by atoms with Crippen LogP contribution in [-0.4, -0.2) is 23.6 Å². The van der Waals surface area contributed by atoms with Crippen LogP contribution in [0.2, 0.25) is 0 Å². The second-order valence-corrected chi connectivity index (χ2v) is 7.08. The third-order valence-electron chi connectivity index (χ3n) is 4.99. The summed E-state index contributed by atoms with van der Waals surface area (Å²) < 4.78 is 17.3. The first kappa shape index (κ1) is 16.8. The molecule has 0 N–H and O–H groups in total. The van der Waals surface area contributed by atoms with Gasteiger partial charge in [-0.15, -0.1) is 0 Å². The molecule has 3 rings (SSSR count). The average molecular weight is 332 g/mol. The van der Waals surface area contributed by atoms with Gasteiger partial charge in [0.25, 0.3) is 0 Å². The number of carbonyl (C=O) groups excluding carboxylic acids is 2. The minimum Gasteiger partial charge on any atom is -0.488 e. The Kier molecular flexibility index (Phi) is 4.28. The van der Waals surface area contributed by atoms with E-state index in [0.717, 1.165) is 30.6 Å². The minimum absolute atomic E-state index is 0.203. The normalized spacial score (nSPS) is 26.2. The largest absolute Gasteiger partial charge is 0.488 e. The first-order valence-corrected chi connectivity index (χ1v) is 8.50. The van der Waals surface area contributed by atoms with Crippen LogP contribution in [-0.2, 0) is 23.8 Å². The lowest BCUT2D eigenvalue weighted by molar-refractivity contribution is -0.163. The predicted molar refractivity (Wildman–Crippen MR) is 87.7 cm³/mol. The Hall–Kier alpha value is -2.04. The summed E-state index contributed by atoms with van der Waals surface area (Å²) in [7, 11) is 0. The smallest absolute Gasteiger partial charge is 0.333 e. The number of hydrogen-bond acceptors (Lipinski definition) is 5. The van der Waals surface area contributed by atoms with Crippen LogP contribution in [0, 0.1) is 0 Å². The van der Waals surface area contributed by atoms with E-state index < -0.39 is 11.7 Å². The van der Waals surface area contributed by atoms with Gasteiger partial charge in [-0.25, -0.2) is 4.79 Å². The summed E-state index contributed by atoms with van der Waals surface area (Å²) >= 11 is 0. The Balaban J connectivity index is 1.88. The number of allylic oxidation sites excluding steroid dienone is 4. The molecule has 0 amide bonds. The van der Waals surface area contributed by atoms with Gasteiger partial charge >= 0.3 is 11.9 Å². The molecule has 0 bridgehead atoms. The highest BCUT2D eigenvalue weighted by molar-refractivity contribution is 5.87. The second kappa shape index (κ2) is 6.11. The van der Waals surface area contributed by atoms with Crippen LogP contribution < -0.4 is 0 Å². The number of rotatable bonds is 2. The SMILES string of the molecule is C/C=C(/C)C(=O)O[C@@H]1CC2=C(CCC3=C2OC(=O)CC3)OC1(C)C. The van der Waals surface area contributed by atoms with Crippen molar-refractivity contribution < 1.29 is 23.8 Å². The first-order chi connectivity index (χ1) is 11.3. The van der Waals surface area contributed by atoms with Crippen molar-refractivity contribution in [2.24, 2.45) is 0 Å². The van der Waals surface area contributed by atoms with Crippen LogP contribution in [0.4, 0.5) is 0 Å². The van der Waals surface area contributed by atoms with E-state index in [4.69, 9.17) is 14.2 Å². The first-order valence-electron chi connectivity index (χ1n) is 8.50. The molecule has 0 aromatic heterocycles. The Morgan fingerprint density at radius 3 is 2.67 bits per heavy atom. The van der Waals surface area contributed by atoms with Crippen LogP contribution in [0.1, 0.15) is 59.8 Å². The lowest BCUT2D eigenvalue weighted by atomic mass is 9.83. The molecule has 24 heavy (non-hydrogen) atoms. The van der Waals surface area contributed by atoms with Crippen molar-refractivity contribution in [1.29, 1.82) is 0 Å². The second-order valence-electron chi connectivity index (χ2n) is 7.08. The van der Waals surface area contributed by atoms with Crippen molar-refractivity contribution in [3.05, 3.63) is 34.3 Å². The van der Waals surface area contributed by atoms with E-state index in [2.05, 4.69) is 0 Å². The van der Waals surface area contributed by atoms with Crippen LogP contribution in [0.3, 0.4) is 0 Å². The molecule has 130 valence electrons. The third kappa shape index (κ3) is 2.99. The topological polar surface area (TPSA) is 61.8 Å². The molecule has 0 saturated carbocycles. The number of ether oxygens (including phenoxy) is 3. The highest BCUT2D eigenvalue weighted by Crippen LogP contribution is 2.45. The maximum absolute atomic E-state index is 12.2. The molecule has 5 nitrogen and oxygen atoms in total. The van der Waals surface area contributed by atoms with Gasteiger partial charge in [0.2, 0.25) is 0 Å². The van der Waals surface area contributed by atoms with E-state index in [-0.39, 0.29) is 11.9 Å². The van der Waals surface area contributed by atoms with Gasteiger partial charge in [-0.1, -0.05) is 6.08 Å². The fourth-order valence-electron chi connectivity index (χ4n) is 3.32. The van der Waals surface area contributed by atoms with E-state index in [1.807, 2.05) is 13.8 Å². The Morgan fingerprint density at radius 1 is 1.25 bits per heavy atom. The van der Waals surface area contributed by atoms with Crippen molar-refractivity contribution in [2.75, 3.05) is 0 Å². The summed E-state index contributed by atoms with van der Waals surface area (Å²) in [4.78, 5) is 23.9. The molecule has 2 heterocycles. The van der Waals surface area contributed by atoms with E-state index in [0.29, 0.717) is 24.2 Å². The number of carbonyl (C=O) groups is 2. The van der Waals surface area contributed by atoms with E-state index in [1.54, 1.807) is 19.9 Å². The van der Waals surface area contributed by atoms with Gasteiger partial charge < -0.3 is 14.2 Å². The van der Waals surface area contributed by atoms with Gasteiger partial charge in [0, 0.05) is 30.4 Å². The minimum atomic E-state index is -0.612. The molecule has 1 atom stereocenters. The molecule has 0 radical (unpaired) electrons. The molecule has 0 spiro atoms. The highest BCUT2D eigenvalue weighted by atomic mass is 16.6. The molecule has 5 heteroatoms. The fraction of sp³-hybridized carbons (Fsp3) is 0.579. The molecule has 0 fully saturated rings. The van der Waals surface area contributed by atoms with Crippen molar-refractivity contribution in [2.45, 2.75) is 71.5 Å². The monoisotopic (exact) mass is 332 g/mol. The predicted octanol–water partition coefficient (Wildman–Crippen LogP) is 3.70. The summed E-state index contributed by atoms with van der Waals surface area (Å²) in [6, 6.07) is 0. The Morgan fingerprint density at radius 2 is 1.96 bits per heavy atom. The molecule has 1 aliphatic carbocycles. The maximum Gasteiger partial charge on any atom is 0.333 e. The highest BCUT2D eigenvalue weighted by Gasteiger charge is 2.44. The summed E-state index contributed by atoms with van der Waals surface area (Å²) in [6.45, 7) is 7.39. The van der Waals surface area contributed by atoms with Gasteiger partial charge in [-0.3, -0.25) is 4.79 Å². The fourth-order valence-corrected chi connectivity index (χ4v) is 3.32. The van der Waals surface area contributed by atoms with E-state index >= 15 is 0 Å². The third-order valence-corrected chi connectivity index (χ3v) is 4.99. The zero-order valence-corrected chi connectivity index (χ0v) is 14.7. The van der Waals surface area contributed by atoms with Crippen molar-refractivity contribution in [3.8, 4) is 0 Å². The van der Waals surface area contributed by atoms with Crippen molar-refractivity contribution >= 4 is 11.9 Å². The Bertz CT molecular complexity index is 678.